The molecule has 1 rings (SSSR count). The van der Waals surface area contributed by atoms with Crippen molar-refractivity contribution in [2.24, 2.45) is 0 Å². The van der Waals surface area contributed by atoms with Gasteiger partial charge in [-0.25, -0.2) is 8.78 Å². The lowest BCUT2D eigenvalue weighted by molar-refractivity contribution is -0.136. The van der Waals surface area contributed by atoms with Gasteiger partial charge < -0.3 is 9.84 Å². The largest absolute Gasteiger partial charge is 0.496 e. The number of hydrogen-bond donors (Lipinski definition) is 1. The van der Waals surface area contributed by atoms with Gasteiger partial charge in [-0.2, -0.15) is 0 Å². The standard InChI is InChI=1S/C10H10ClF2NO3/c1-17-9-5(3-11)4-14-8(10(12)13)6(9)2-7(15)16/h4,10H,2-3H2,1H3,(H,15,16). The number of aromatic nitrogens is 1. The first kappa shape index (κ1) is 13.6. The molecule has 0 spiro atoms. The van der Waals surface area contributed by atoms with Crippen molar-refractivity contribution < 1.29 is 23.4 Å². The van der Waals surface area contributed by atoms with Crippen LogP contribution in [-0.2, 0) is 17.1 Å². The summed E-state index contributed by atoms with van der Waals surface area (Å²) in [6, 6.07) is 0. The lowest BCUT2D eigenvalue weighted by atomic mass is 10.1. The van der Waals surface area contributed by atoms with Crippen LogP contribution in [0.25, 0.3) is 0 Å². The molecule has 0 atom stereocenters. The highest BCUT2D eigenvalue weighted by Crippen LogP contribution is 2.32. The maximum atomic E-state index is 12.7. The van der Waals surface area contributed by atoms with Crippen LogP contribution in [0.2, 0.25) is 0 Å². The fraction of sp³-hybridized carbons (Fsp3) is 0.400. The van der Waals surface area contributed by atoms with Gasteiger partial charge in [0.15, 0.2) is 0 Å². The van der Waals surface area contributed by atoms with Crippen molar-refractivity contribution in [1.29, 1.82) is 0 Å². The Bertz CT molecular complexity index is 426. The van der Waals surface area contributed by atoms with E-state index in [4.69, 9.17) is 21.4 Å². The molecule has 0 aliphatic carbocycles. The van der Waals surface area contributed by atoms with Crippen LogP contribution < -0.4 is 4.74 Å². The molecule has 0 saturated carbocycles. The molecule has 1 heterocycles. The van der Waals surface area contributed by atoms with Gasteiger partial charge in [0, 0.05) is 17.3 Å². The highest BCUT2D eigenvalue weighted by atomic mass is 35.5. The smallest absolute Gasteiger partial charge is 0.308 e. The number of carboxylic acids is 1. The summed E-state index contributed by atoms with van der Waals surface area (Å²) in [7, 11) is 1.27. The highest BCUT2D eigenvalue weighted by molar-refractivity contribution is 6.17. The minimum atomic E-state index is -2.86. The predicted octanol–water partition coefficient (Wildman–Crippen LogP) is 2.39. The highest BCUT2D eigenvalue weighted by Gasteiger charge is 2.23. The Hall–Kier alpha value is -1.43. The van der Waals surface area contributed by atoms with Crippen LogP contribution in [0.1, 0.15) is 23.2 Å². The Balaban J connectivity index is 3.38. The first-order chi connectivity index (χ1) is 8.01. The second-order valence-electron chi connectivity index (χ2n) is 3.19. The van der Waals surface area contributed by atoms with E-state index in [1.807, 2.05) is 0 Å². The van der Waals surface area contributed by atoms with Gasteiger partial charge in [0.2, 0.25) is 0 Å². The number of carbonyl (C=O) groups is 1. The van der Waals surface area contributed by atoms with Gasteiger partial charge in [-0.15, -0.1) is 11.6 Å². The summed E-state index contributed by atoms with van der Waals surface area (Å²) in [5.74, 6) is -1.17. The van der Waals surface area contributed by atoms with Crippen molar-refractivity contribution >= 4 is 17.6 Å². The van der Waals surface area contributed by atoms with Crippen LogP contribution in [-0.4, -0.2) is 23.2 Å². The molecule has 0 aliphatic rings. The first-order valence-corrected chi connectivity index (χ1v) is 5.15. The third kappa shape index (κ3) is 3.03. The van der Waals surface area contributed by atoms with E-state index < -0.39 is 24.5 Å². The zero-order chi connectivity index (χ0) is 13.0. The predicted molar refractivity (Wildman–Crippen MR) is 56.6 cm³/mol. The maximum Gasteiger partial charge on any atom is 0.308 e. The lowest BCUT2D eigenvalue weighted by Gasteiger charge is -2.14. The number of ether oxygens (including phenoxy) is 1. The van der Waals surface area contributed by atoms with Crippen LogP contribution in [0.5, 0.6) is 5.75 Å². The summed E-state index contributed by atoms with van der Waals surface area (Å²) in [5.41, 5.74) is -0.332. The van der Waals surface area contributed by atoms with Gasteiger partial charge in [0.05, 0.1) is 19.4 Å². The summed E-state index contributed by atoms with van der Waals surface area (Å²) in [4.78, 5) is 14.2. The van der Waals surface area contributed by atoms with Crippen molar-refractivity contribution in [3.05, 3.63) is 23.0 Å². The molecule has 0 unspecified atom stereocenters. The molecule has 0 aliphatic heterocycles. The van der Waals surface area contributed by atoms with Crippen LogP contribution in [0.4, 0.5) is 8.78 Å². The molecule has 1 aromatic heterocycles. The quantitative estimate of drug-likeness (QED) is 0.831. The molecule has 1 N–H and O–H groups in total. The maximum absolute atomic E-state index is 12.7. The van der Waals surface area contributed by atoms with Gasteiger partial charge in [0.25, 0.3) is 6.43 Å². The van der Waals surface area contributed by atoms with Crippen molar-refractivity contribution in [3.63, 3.8) is 0 Å². The van der Waals surface area contributed by atoms with Gasteiger partial charge in [-0.05, 0) is 0 Å². The van der Waals surface area contributed by atoms with Crippen molar-refractivity contribution in [2.75, 3.05) is 7.11 Å². The van der Waals surface area contributed by atoms with E-state index in [9.17, 15) is 13.6 Å². The Kier molecular flexibility index (Phi) is 4.62. The summed E-state index contributed by atoms with van der Waals surface area (Å²) in [6.45, 7) is 0. The summed E-state index contributed by atoms with van der Waals surface area (Å²) in [6.07, 6.45) is -2.28. The van der Waals surface area contributed by atoms with Crippen LogP contribution in [0, 0.1) is 0 Å². The Labute approximate surface area is 101 Å². The minimum Gasteiger partial charge on any atom is -0.496 e. The van der Waals surface area contributed by atoms with Crippen LogP contribution in [0.15, 0.2) is 6.20 Å². The van der Waals surface area contributed by atoms with E-state index in [1.165, 1.54) is 13.3 Å². The molecule has 0 bridgehead atoms. The van der Waals surface area contributed by atoms with E-state index in [0.717, 1.165) is 0 Å². The molecule has 4 nitrogen and oxygen atoms in total. The van der Waals surface area contributed by atoms with Gasteiger partial charge in [0.1, 0.15) is 11.4 Å². The van der Waals surface area contributed by atoms with E-state index in [-0.39, 0.29) is 17.2 Å². The number of aliphatic carboxylic acids is 1. The number of pyridine rings is 1. The fourth-order valence-electron chi connectivity index (χ4n) is 1.45. The monoisotopic (exact) mass is 265 g/mol. The number of alkyl halides is 3. The fourth-order valence-corrected chi connectivity index (χ4v) is 1.64. The molecule has 0 amide bonds. The zero-order valence-electron chi connectivity index (χ0n) is 8.91. The third-order valence-corrected chi connectivity index (χ3v) is 2.41. The molecule has 0 aromatic carbocycles. The van der Waals surface area contributed by atoms with E-state index in [1.54, 1.807) is 0 Å². The Morgan fingerprint density at radius 2 is 2.29 bits per heavy atom. The summed E-state index contributed by atoms with van der Waals surface area (Å²) in [5, 5.41) is 8.70. The molecule has 17 heavy (non-hydrogen) atoms. The molecule has 7 heteroatoms. The van der Waals surface area contributed by atoms with Gasteiger partial charge in [-0.3, -0.25) is 9.78 Å². The Morgan fingerprint density at radius 3 is 2.71 bits per heavy atom. The van der Waals surface area contributed by atoms with Crippen molar-refractivity contribution in [1.82, 2.24) is 4.98 Å². The molecule has 0 fully saturated rings. The van der Waals surface area contributed by atoms with Crippen molar-refractivity contribution in [3.8, 4) is 5.75 Å². The number of methoxy groups -OCH3 is 1. The SMILES string of the molecule is COc1c(CCl)cnc(C(F)F)c1CC(=O)O. The number of halogens is 3. The first-order valence-electron chi connectivity index (χ1n) is 4.61. The second kappa shape index (κ2) is 5.77. The lowest BCUT2D eigenvalue weighted by Crippen LogP contribution is -2.09. The molecule has 1 aromatic rings. The van der Waals surface area contributed by atoms with Gasteiger partial charge >= 0.3 is 5.97 Å². The van der Waals surface area contributed by atoms with Crippen LogP contribution in [0.3, 0.4) is 0 Å². The Morgan fingerprint density at radius 1 is 1.65 bits per heavy atom. The second-order valence-corrected chi connectivity index (χ2v) is 3.45. The van der Waals surface area contributed by atoms with Crippen LogP contribution >= 0.6 is 11.6 Å². The van der Waals surface area contributed by atoms with Gasteiger partial charge in [-0.1, -0.05) is 0 Å². The number of rotatable bonds is 5. The third-order valence-electron chi connectivity index (χ3n) is 2.12. The minimum absolute atomic E-state index is 0.00626. The molecule has 0 saturated heterocycles. The topological polar surface area (TPSA) is 59.4 Å². The average Bonchev–Trinajstić information content (AvgIpc) is 2.27. The number of nitrogens with zero attached hydrogens (tertiary/aromatic N) is 1. The molecular formula is C10H10ClF2NO3. The van der Waals surface area contributed by atoms with Crippen molar-refractivity contribution in [2.45, 2.75) is 18.7 Å². The van der Waals surface area contributed by atoms with E-state index in [0.29, 0.717) is 5.56 Å². The molecule has 94 valence electrons. The number of carboxylic acid groups (broad SMARTS) is 1. The summed E-state index contributed by atoms with van der Waals surface area (Å²) >= 11 is 5.60. The molecule has 0 radical (unpaired) electrons. The average molecular weight is 266 g/mol. The molecular weight excluding hydrogens is 256 g/mol. The van der Waals surface area contributed by atoms with E-state index >= 15 is 0 Å². The zero-order valence-corrected chi connectivity index (χ0v) is 9.67. The number of hydrogen-bond acceptors (Lipinski definition) is 3. The van der Waals surface area contributed by atoms with E-state index in [2.05, 4.69) is 4.98 Å². The normalized spacial score (nSPS) is 10.6. The summed E-state index contributed by atoms with van der Waals surface area (Å²) < 4.78 is 30.3.